The van der Waals surface area contributed by atoms with Crippen molar-refractivity contribution in [2.45, 2.75) is 373 Å². The number of unbranched alkanes of at least 4 members (excludes halogenated alkanes) is 3. The first-order chi connectivity index (χ1) is 54.7. The Hall–Kier alpha value is -2.74. The second-order valence-corrected chi connectivity index (χ2v) is 72.0. The molecule has 0 bridgehead atoms. The molecule has 698 valence electrons. The van der Waals surface area contributed by atoms with Crippen LogP contribution in [0.15, 0.2) is 146 Å². The molecule has 2 saturated carbocycles. The topological polar surface area (TPSA) is 188 Å². The molecule has 4 fully saturated rings. The molecule has 26 heteroatoms. The van der Waals surface area contributed by atoms with Crippen molar-refractivity contribution in [2.75, 3.05) is 26.4 Å². The van der Waals surface area contributed by atoms with E-state index in [0.29, 0.717) is 0 Å². The number of ether oxygens (including phenoxy) is 2. The third-order valence-electron chi connectivity index (χ3n) is 26.5. The number of hydrogen-bond donors (Lipinski definition) is 0. The van der Waals surface area contributed by atoms with Crippen LogP contribution < -0.4 is 0 Å². The van der Waals surface area contributed by atoms with E-state index >= 15 is 0 Å². The van der Waals surface area contributed by atoms with Gasteiger partial charge in [-0.05, 0) is 75.1 Å². The third-order valence-corrected chi connectivity index (χ3v) is 53.3. The van der Waals surface area contributed by atoms with E-state index in [2.05, 4.69) is 363 Å². The fraction of sp³-hybridized carbons (Fsp3) is 0.633. The maximum atomic E-state index is 5.47. The van der Waals surface area contributed by atoms with Crippen LogP contribution >= 0.6 is 0 Å². The Labute approximate surface area is 829 Å². The van der Waals surface area contributed by atoms with Crippen molar-refractivity contribution in [3.8, 4) is 0 Å². The van der Waals surface area contributed by atoms with Gasteiger partial charge in [0.15, 0.2) is 0 Å². The van der Waals surface area contributed by atoms with E-state index in [1.165, 1.54) is 51.4 Å². The fourth-order valence-corrected chi connectivity index (χ4v) is 19.4. The Morgan fingerprint density at radius 3 is 0.444 bits per heavy atom. The van der Waals surface area contributed by atoms with Crippen LogP contribution in [0.4, 0.5) is 68.2 Å². The number of para-hydroxylation sites is 6. The summed E-state index contributed by atoms with van der Waals surface area (Å²) in [5.41, 5.74) is 11.9. The maximum Gasteiger partial charge on any atom is 2.00 e. The van der Waals surface area contributed by atoms with Crippen LogP contribution in [-0.4, -0.2) is 112 Å². The second-order valence-electron chi connectivity index (χ2n) is 42.9. The molecule has 2 saturated heterocycles. The van der Waals surface area contributed by atoms with Crippen LogP contribution in [0.2, 0.25) is 109 Å². The normalized spacial score (nSPS) is 18.2. The van der Waals surface area contributed by atoms with Gasteiger partial charge < -0.3 is 71.3 Å². The smallest absolute Gasteiger partial charge is 0.688 e. The van der Waals surface area contributed by atoms with Crippen LogP contribution in [0, 0.1) is 0 Å². The summed E-state index contributed by atoms with van der Waals surface area (Å²) in [4.78, 5) is 32.5. The van der Waals surface area contributed by atoms with Gasteiger partial charge in [0.25, 0.3) is 0 Å². The van der Waals surface area contributed by atoms with Crippen molar-refractivity contribution in [1.29, 1.82) is 0 Å². The van der Waals surface area contributed by atoms with Crippen LogP contribution in [-0.2, 0) is 112 Å². The average molecular weight is 2040 g/mol. The molecule has 2 aliphatic carbocycles. The molecule has 0 spiro atoms. The summed E-state index contributed by atoms with van der Waals surface area (Å²) in [7, 11) is -11.6. The van der Waals surface area contributed by atoms with Gasteiger partial charge in [-0.1, -0.05) is 457 Å². The number of nitrogens with zero attached hydrogens (tertiary/aromatic N) is 12. The predicted molar refractivity (Wildman–Crippen MR) is 538 cm³/mol. The quantitative estimate of drug-likeness (QED) is 0.0367. The summed E-state index contributed by atoms with van der Waals surface area (Å²) in [6.07, 6.45) is 15.8. The van der Waals surface area contributed by atoms with Gasteiger partial charge in [-0.3, -0.25) is 0 Å². The summed E-state index contributed by atoms with van der Waals surface area (Å²) in [6.45, 7) is 78.3. The minimum atomic E-state index is -1.94. The largest absolute Gasteiger partial charge is 2.00 e. The Kier molecular flexibility index (Phi) is 52.1. The zero-order valence-electron chi connectivity index (χ0n) is 82.4. The minimum Gasteiger partial charge on any atom is -0.688 e. The van der Waals surface area contributed by atoms with Crippen molar-refractivity contribution in [3.05, 3.63) is 207 Å². The van der Waals surface area contributed by atoms with Crippen molar-refractivity contribution < 1.29 is 112 Å². The maximum absolute atomic E-state index is 5.47. The third kappa shape index (κ3) is 38.5. The molecule has 124 heavy (non-hydrogen) atoms. The fourth-order valence-electron chi connectivity index (χ4n) is 12.6. The molecule has 0 amide bonds. The van der Waals surface area contributed by atoms with Gasteiger partial charge in [-0.25, -0.2) is 0 Å². The van der Waals surface area contributed by atoms with Gasteiger partial charge in [0.05, 0.1) is 0 Å². The molecule has 6 aromatic rings. The van der Waals surface area contributed by atoms with E-state index in [1.54, 1.807) is 0 Å². The summed E-state index contributed by atoms with van der Waals surface area (Å²) >= 11 is 0. The van der Waals surface area contributed by atoms with E-state index in [9.17, 15) is 0 Å². The zero-order chi connectivity index (χ0) is 88.0. The molecule has 10 rings (SSSR count). The van der Waals surface area contributed by atoms with Crippen LogP contribution in [0.25, 0.3) is 61.8 Å². The van der Waals surface area contributed by atoms with E-state index in [0.717, 1.165) is 133 Å². The Balaban J connectivity index is 0.00000198. The summed E-state index contributed by atoms with van der Waals surface area (Å²) in [6, 6.07) is 51.1. The van der Waals surface area contributed by atoms with Gasteiger partial charge in [0, 0.05) is 26.4 Å². The first-order valence-corrected chi connectivity index (χ1v) is 62.7. The standard InChI is InChI=1S/2C42H66N6Si3.C6H14.2C4H8O.6Fe/c2*1-40(2,3)49(10,11)46-37-25-19-16-22-34(37)43-31-28-32(44-35-23-17-20-26-38(35)47-50(12,13)41(4,5)6)30-33(29-31)45-36-24-18-21-27-39(36)48-51(14,15)42(7,8)9;1-3-5-6-4-2;2*1-2-4-5-3-1;;;;;;/h2*16-27,31-33H,28-30H2,1-15H3;3-6H2,1-2H3;2*1-4H2;;;;;;/q2*-6;;;;6*+2. The minimum absolute atomic E-state index is 0. The molecule has 0 radical (unpaired) electrons. The Bertz CT molecular complexity index is 3320. The molecule has 0 aromatic heterocycles. The second kappa shape index (κ2) is 53.2. The molecular weight excluding hydrogens is 1880 g/mol. The van der Waals surface area contributed by atoms with Crippen LogP contribution in [0.5, 0.6) is 0 Å². The molecule has 2 aliphatic heterocycles. The molecule has 2 heterocycles. The van der Waals surface area contributed by atoms with Gasteiger partial charge in [-0.15, -0.1) is 36.3 Å². The molecule has 0 unspecified atom stereocenters. The van der Waals surface area contributed by atoms with E-state index in [1.807, 2.05) is 0 Å². The monoisotopic (exact) mass is 2040 g/mol. The van der Waals surface area contributed by atoms with Crippen molar-refractivity contribution in [1.82, 2.24) is 0 Å². The zero-order valence-corrected chi connectivity index (χ0v) is 95.0. The van der Waals surface area contributed by atoms with Gasteiger partial charge in [0.1, 0.15) is 0 Å². The Morgan fingerprint density at radius 1 is 0.226 bits per heavy atom. The molecule has 14 nitrogen and oxygen atoms in total. The summed E-state index contributed by atoms with van der Waals surface area (Å²) in [5, 5.41) is 33.7. The summed E-state index contributed by atoms with van der Waals surface area (Å²) in [5.74, 6) is 0. The van der Waals surface area contributed by atoms with Gasteiger partial charge >= 0.3 is 102 Å². The van der Waals surface area contributed by atoms with Crippen LogP contribution in [0.1, 0.15) is 228 Å². The van der Waals surface area contributed by atoms with Gasteiger partial charge in [0.2, 0.25) is 0 Å². The van der Waals surface area contributed by atoms with Crippen LogP contribution in [0.3, 0.4) is 0 Å². The average Bonchev–Trinajstić information content (AvgIpc) is 1.66. The van der Waals surface area contributed by atoms with Crippen molar-refractivity contribution in [3.63, 3.8) is 0 Å². The van der Waals surface area contributed by atoms with E-state index in [4.69, 9.17) is 71.3 Å². The Morgan fingerprint density at radius 2 is 0.347 bits per heavy atom. The number of benzene rings is 6. The first kappa shape index (κ1) is 121. The summed E-state index contributed by atoms with van der Waals surface area (Å²) < 4.78 is 9.89. The predicted octanol–water partition coefficient (Wildman–Crippen LogP) is 37.0. The van der Waals surface area contributed by atoms with E-state index in [-0.39, 0.29) is 169 Å². The molecule has 4 aliphatic rings. The molecule has 0 atom stereocenters. The molecule has 0 N–H and O–H groups in total. The number of rotatable bonds is 27. The van der Waals surface area contributed by atoms with Crippen molar-refractivity contribution in [2.24, 2.45) is 0 Å². The first-order valence-electron chi connectivity index (χ1n) is 45.0. The SMILES string of the molecule is C1CCOC1.C1CCOC1.CC(C)(C)[Si](C)(C)[N-]c1ccccc1[N-]C1CC([N-]c2ccccc2[N-][Si](C)(C)C(C)(C)C)CC([N-]c2ccccc2[N-][Si](C)(C)C(C)(C)C)C1.CC(C)(C)[Si](C)(C)[N-]c1ccccc1[N-]C1CC([N-]c2ccccc2[N-][Si](C)(C)C(C)(C)C)CC([N-]c2ccccc2[N-][Si](C)(C)C(C)(C)C)C1.CCCCCC.[Fe+2].[Fe+2].[Fe+2].[Fe+2].[Fe+2].[Fe+2]. The number of hydrogen-bond acceptors (Lipinski definition) is 2. The van der Waals surface area contributed by atoms with Gasteiger partial charge in [-0.2, -0.15) is 68.2 Å². The molecule has 6 aromatic carbocycles. The van der Waals surface area contributed by atoms with Crippen molar-refractivity contribution >= 4 is 118 Å². The van der Waals surface area contributed by atoms with E-state index < -0.39 is 49.4 Å². The molecular formula is C98H162Fe6N12O2Si6.